The van der Waals surface area contributed by atoms with E-state index < -0.39 is 0 Å². The maximum atomic E-state index is 4.58. The second-order valence-electron chi connectivity index (χ2n) is 1.72. The fourth-order valence-electron chi connectivity index (χ4n) is 0.472. The van der Waals surface area contributed by atoms with Gasteiger partial charge < -0.3 is 9.47 Å². The van der Waals surface area contributed by atoms with Crippen LogP contribution < -0.4 is 0 Å². The average molecular weight is 164 g/mol. The standard InChI is InChI=1S/C4H4N2.C4H4O2/c1-2-5-4-6-3-1;1-2-6-4-3-5-1/h2*1-4H. The molecule has 4 nitrogen and oxygen atoms in total. The number of ether oxygens (including phenoxy) is 2. The lowest BCUT2D eigenvalue weighted by Gasteiger charge is -1.94. The molecule has 0 aliphatic carbocycles. The van der Waals surface area contributed by atoms with Gasteiger partial charge in [0, 0.05) is 12.4 Å². The summed E-state index contributed by atoms with van der Waals surface area (Å²) in [6.45, 7) is 0. The van der Waals surface area contributed by atoms with Crippen molar-refractivity contribution in [3.8, 4) is 0 Å². The minimum atomic E-state index is 1.46. The van der Waals surface area contributed by atoms with Crippen molar-refractivity contribution >= 4 is 0 Å². The summed E-state index contributed by atoms with van der Waals surface area (Å²) in [5.74, 6) is 0. The largest absolute Gasteiger partial charge is 0.466 e. The van der Waals surface area contributed by atoms with E-state index in [4.69, 9.17) is 0 Å². The molecule has 0 N–H and O–H groups in total. The molecule has 0 amide bonds. The van der Waals surface area contributed by atoms with Crippen LogP contribution >= 0.6 is 0 Å². The van der Waals surface area contributed by atoms with Crippen molar-refractivity contribution in [2.24, 2.45) is 0 Å². The third-order valence-electron chi connectivity index (χ3n) is 0.903. The van der Waals surface area contributed by atoms with Crippen LogP contribution in [0.2, 0.25) is 0 Å². The van der Waals surface area contributed by atoms with Crippen molar-refractivity contribution in [2.75, 3.05) is 0 Å². The van der Waals surface area contributed by atoms with Crippen LogP contribution in [0.25, 0.3) is 0 Å². The summed E-state index contributed by atoms with van der Waals surface area (Å²) in [5, 5.41) is 0. The predicted octanol–water partition coefficient (Wildman–Crippen LogP) is 1.45. The van der Waals surface area contributed by atoms with Crippen LogP contribution in [0, 0.1) is 0 Å². The first kappa shape index (κ1) is 8.26. The van der Waals surface area contributed by atoms with E-state index in [0.717, 1.165) is 0 Å². The number of aromatic nitrogens is 2. The SMILES string of the molecule is C1=COC=CO1.c1cncnc1. The van der Waals surface area contributed by atoms with E-state index in [1.165, 1.54) is 31.4 Å². The molecule has 0 unspecified atom stereocenters. The molecule has 0 atom stereocenters. The molecule has 2 rings (SSSR count). The first-order valence-corrected chi connectivity index (χ1v) is 3.31. The smallest absolute Gasteiger partial charge is 0.125 e. The first-order valence-electron chi connectivity index (χ1n) is 3.31. The monoisotopic (exact) mass is 164 g/mol. The second kappa shape index (κ2) is 5.91. The summed E-state index contributed by atoms with van der Waals surface area (Å²) < 4.78 is 9.17. The third kappa shape index (κ3) is 4.05. The molecule has 12 heavy (non-hydrogen) atoms. The quantitative estimate of drug-likeness (QED) is 0.582. The molecule has 0 radical (unpaired) electrons. The van der Waals surface area contributed by atoms with Crippen molar-refractivity contribution in [3.63, 3.8) is 0 Å². The summed E-state index contributed by atoms with van der Waals surface area (Å²) in [5.41, 5.74) is 0. The maximum absolute atomic E-state index is 4.58. The van der Waals surface area contributed by atoms with Crippen LogP contribution in [-0.2, 0) is 9.47 Å². The molecule has 4 heteroatoms. The normalized spacial score (nSPS) is 12.0. The molecule has 0 fully saturated rings. The molecule has 2 heterocycles. The Labute approximate surface area is 70.2 Å². The zero-order chi connectivity index (χ0) is 8.49. The Morgan fingerprint density at radius 2 is 1.25 bits per heavy atom. The number of hydrogen-bond acceptors (Lipinski definition) is 4. The van der Waals surface area contributed by atoms with Crippen molar-refractivity contribution in [1.82, 2.24) is 9.97 Å². The van der Waals surface area contributed by atoms with E-state index in [1.807, 2.05) is 0 Å². The molecule has 1 aliphatic heterocycles. The summed E-state index contributed by atoms with van der Waals surface area (Å²) in [4.78, 5) is 7.35. The third-order valence-corrected chi connectivity index (χ3v) is 0.903. The van der Waals surface area contributed by atoms with E-state index in [9.17, 15) is 0 Å². The molecule has 1 aromatic rings. The Morgan fingerprint density at radius 3 is 1.42 bits per heavy atom. The zero-order valence-corrected chi connectivity index (χ0v) is 6.33. The molecule has 1 aliphatic rings. The highest BCUT2D eigenvalue weighted by molar-refractivity contribution is 4.77. The zero-order valence-electron chi connectivity index (χ0n) is 6.33. The van der Waals surface area contributed by atoms with Gasteiger partial charge in [-0.1, -0.05) is 0 Å². The highest BCUT2D eigenvalue weighted by atomic mass is 16.5. The Balaban J connectivity index is 0.000000120. The van der Waals surface area contributed by atoms with Gasteiger partial charge in [-0.05, 0) is 6.07 Å². The van der Waals surface area contributed by atoms with Crippen molar-refractivity contribution in [1.29, 1.82) is 0 Å². The molecule has 0 spiro atoms. The predicted molar refractivity (Wildman–Crippen MR) is 42.5 cm³/mol. The molecule has 0 aromatic carbocycles. The fourth-order valence-corrected chi connectivity index (χ4v) is 0.472. The van der Waals surface area contributed by atoms with Crippen LogP contribution in [0.1, 0.15) is 0 Å². The van der Waals surface area contributed by atoms with Gasteiger partial charge in [0.25, 0.3) is 0 Å². The van der Waals surface area contributed by atoms with Crippen LogP contribution in [0.15, 0.2) is 49.8 Å². The van der Waals surface area contributed by atoms with E-state index in [1.54, 1.807) is 18.5 Å². The second-order valence-corrected chi connectivity index (χ2v) is 1.72. The summed E-state index contributed by atoms with van der Waals surface area (Å²) in [7, 11) is 0. The van der Waals surface area contributed by atoms with Gasteiger partial charge in [-0.15, -0.1) is 0 Å². The van der Waals surface area contributed by atoms with Crippen molar-refractivity contribution < 1.29 is 9.47 Å². The van der Waals surface area contributed by atoms with Gasteiger partial charge in [0.15, 0.2) is 0 Å². The van der Waals surface area contributed by atoms with Crippen LogP contribution in [-0.4, -0.2) is 9.97 Å². The van der Waals surface area contributed by atoms with Gasteiger partial charge in [-0.2, -0.15) is 0 Å². The Hall–Kier alpha value is -1.84. The van der Waals surface area contributed by atoms with Crippen LogP contribution in [0.3, 0.4) is 0 Å². The Bertz CT molecular complexity index is 200. The summed E-state index contributed by atoms with van der Waals surface area (Å²) >= 11 is 0. The lowest BCUT2D eigenvalue weighted by Crippen LogP contribution is -1.74. The molecular formula is C8H8N2O2. The summed E-state index contributed by atoms with van der Waals surface area (Å²) in [6, 6.07) is 1.78. The van der Waals surface area contributed by atoms with Crippen LogP contribution in [0.5, 0.6) is 0 Å². The lowest BCUT2D eigenvalue weighted by molar-refractivity contribution is 0.290. The highest BCUT2D eigenvalue weighted by Gasteiger charge is 1.74. The first-order chi connectivity index (χ1) is 6.00. The fraction of sp³-hybridized carbons (Fsp3) is 0. The molecule has 0 saturated carbocycles. The minimum absolute atomic E-state index is 1.46. The highest BCUT2D eigenvalue weighted by Crippen LogP contribution is 1.89. The number of nitrogens with zero attached hydrogens (tertiary/aromatic N) is 2. The average Bonchev–Trinajstić information content (AvgIpc) is 2.24. The van der Waals surface area contributed by atoms with Crippen molar-refractivity contribution in [2.45, 2.75) is 0 Å². The van der Waals surface area contributed by atoms with E-state index in [-0.39, 0.29) is 0 Å². The summed E-state index contributed by atoms with van der Waals surface area (Å²) in [6.07, 6.45) is 10.7. The van der Waals surface area contributed by atoms with Crippen molar-refractivity contribution in [3.05, 3.63) is 49.8 Å². The van der Waals surface area contributed by atoms with E-state index >= 15 is 0 Å². The molecule has 62 valence electrons. The molecular weight excluding hydrogens is 156 g/mol. The Kier molecular flexibility index (Phi) is 4.07. The topological polar surface area (TPSA) is 44.2 Å². The van der Waals surface area contributed by atoms with Crippen LogP contribution in [0.4, 0.5) is 0 Å². The number of rotatable bonds is 0. The van der Waals surface area contributed by atoms with Gasteiger partial charge >= 0.3 is 0 Å². The molecule has 0 bridgehead atoms. The van der Waals surface area contributed by atoms with E-state index in [2.05, 4.69) is 19.4 Å². The minimum Gasteiger partial charge on any atom is -0.466 e. The van der Waals surface area contributed by atoms with Gasteiger partial charge in [-0.3, -0.25) is 0 Å². The van der Waals surface area contributed by atoms with Gasteiger partial charge in [0.1, 0.15) is 31.4 Å². The molecule has 0 saturated heterocycles. The molecule has 1 aromatic heterocycles. The van der Waals surface area contributed by atoms with Gasteiger partial charge in [0.05, 0.1) is 0 Å². The Morgan fingerprint density at radius 1 is 0.750 bits per heavy atom. The van der Waals surface area contributed by atoms with E-state index in [0.29, 0.717) is 0 Å². The van der Waals surface area contributed by atoms with Gasteiger partial charge in [-0.25, -0.2) is 9.97 Å². The maximum Gasteiger partial charge on any atom is 0.125 e. The van der Waals surface area contributed by atoms with Gasteiger partial charge in [0.2, 0.25) is 0 Å². The number of hydrogen-bond donors (Lipinski definition) is 0. The lowest BCUT2D eigenvalue weighted by atomic mass is 10.7.